The Balaban J connectivity index is 1.58. The van der Waals surface area contributed by atoms with E-state index in [2.05, 4.69) is 4.90 Å². The van der Waals surface area contributed by atoms with Crippen LogP contribution in [-0.2, 0) is 14.8 Å². The van der Waals surface area contributed by atoms with Crippen molar-refractivity contribution in [3.05, 3.63) is 59.4 Å². The lowest BCUT2D eigenvalue weighted by molar-refractivity contribution is -0.131. The standard InChI is InChI=1S/C19H21ClFN3O3S/c1-22(28(26,27)18-8-2-15(20)3-9-18)14-19(25)24-12-10-23(11-13-24)17-6-4-16(21)5-7-17/h2-9H,10-14H2,1H3. The van der Waals surface area contributed by atoms with Crippen LogP contribution in [0.2, 0.25) is 5.02 Å². The van der Waals surface area contributed by atoms with Gasteiger partial charge in [-0.2, -0.15) is 4.31 Å². The molecule has 1 heterocycles. The van der Waals surface area contributed by atoms with Crippen molar-refractivity contribution >= 4 is 33.2 Å². The average Bonchev–Trinajstić information content (AvgIpc) is 2.69. The second kappa shape index (κ2) is 8.46. The molecule has 0 saturated carbocycles. The molecule has 1 saturated heterocycles. The van der Waals surface area contributed by atoms with E-state index >= 15 is 0 Å². The fraction of sp³-hybridized carbons (Fsp3) is 0.316. The fourth-order valence-electron chi connectivity index (χ4n) is 3.03. The van der Waals surface area contributed by atoms with Crippen molar-refractivity contribution in [3.63, 3.8) is 0 Å². The minimum absolute atomic E-state index is 0.0910. The van der Waals surface area contributed by atoms with Crippen LogP contribution >= 0.6 is 11.6 Å². The van der Waals surface area contributed by atoms with Gasteiger partial charge in [0, 0.05) is 43.9 Å². The lowest BCUT2D eigenvalue weighted by Gasteiger charge is -2.36. The Bertz CT molecular complexity index is 928. The predicted molar refractivity (Wildman–Crippen MR) is 106 cm³/mol. The molecule has 0 bridgehead atoms. The number of likely N-dealkylation sites (N-methyl/N-ethyl adjacent to an activating group) is 1. The van der Waals surface area contributed by atoms with Crippen LogP contribution in [-0.4, -0.2) is 63.3 Å². The number of carbonyl (C=O) groups is 1. The summed E-state index contributed by atoms with van der Waals surface area (Å²) in [7, 11) is -2.38. The molecule has 9 heteroatoms. The van der Waals surface area contributed by atoms with Crippen molar-refractivity contribution in [1.29, 1.82) is 0 Å². The van der Waals surface area contributed by atoms with Crippen LogP contribution in [0, 0.1) is 5.82 Å². The highest BCUT2D eigenvalue weighted by Crippen LogP contribution is 2.19. The first-order valence-corrected chi connectivity index (χ1v) is 10.6. The molecule has 6 nitrogen and oxygen atoms in total. The molecule has 2 aromatic carbocycles. The normalized spacial score (nSPS) is 15.1. The highest BCUT2D eigenvalue weighted by molar-refractivity contribution is 7.89. The summed E-state index contributed by atoms with van der Waals surface area (Å²) >= 11 is 5.80. The molecule has 0 aromatic heterocycles. The SMILES string of the molecule is CN(CC(=O)N1CCN(c2ccc(F)cc2)CC1)S(=O)(=O)c1ccc(Cl)cc1. The van der Waals surface area contributed by atoms with Gasteiger partial charge in [0.15, 0.2) is 0 Å². The quantitative estimate of drug-likeness (QED) is 0.738. The molecule has 28 heavy (non-hydrogen) atoms. The van der Waals surface area contributed by atoms with Crippen LogP contribution in [0.4, 0.5) is 10.1 Å². The zero-order chi connectivity index (χ0) is 20.3. The summed E-state index contributed by atoms with van der Waals surface area (Å²) in [6, 6.07) is 12.1. The number of sulfonamides is 1. The van der Waals surface area contributed by atoms with Gasteiger partial charge >= 0.3 is 0 Å². The van der Waals surface area contributed by atoms with E-state index in [-0.39, 0.29) is 23.2 Å². The lowest BCUT2D eigenvalue weighted by atomic mass is 10.2. The topological polar surface area (TPSA) is 60.9 Å². The van der Waals surface area contributed by atoms with Gasteiger partial charge in [0.05, 0.1) is 11.4 Å². The molecule has 1 aliphatic heterocycles. The van der Waals surface area contributed by atoms with Gasteiger partial charge in [-0.1, -0.05) is 11.6 Å². The third kappa shape index (κ3) is 4.63. The molecular formula is C19H21ClFN3O3S. The first-order valence-electron chi connectivity index (χ1n) is 8.77. The number of hydrogen-bond acceptors (Lipinski definition) is 4. The molecule has 0 unspecified atom stereocenters. The molecular weight excluding hydrogens is 405 g/mol. The zero-order valence-corrected chi connectivity index (χ0v) is 17.0. The summed E-state index contributed by atoms with van der Waals surface area (Å²) in [5.41, 5.74) is 0.899. The van der Waals surface area contributed by atoms with Crippen molar-refractivity contribution in [2.24, 2.45) is 0 Å². The van der Waals surface area contributed by atoms with Gasteiger partial charge in [0.1, 0.15) is 5.82 Å². The number of nitrogens with zero attached hydrogens (tertiary/aromatic N) is 3. The molecule has 1 fully saturated rings. The van der Waals surface area contributed by atoms with Crippen molar-refractivity contribution in [1.82, 2.24) is 9.21 Å². The Morgan fingerprint density at radius 2 is 1.61 bits per heavy atom. The van der Waals surface area contributed by atoms with Gasteiger partial charge in [0.2, 0.25) is 15.9 Å². The zero-order valence-electron chi connectivity index (χ0n) is 15.4. The van der Waals surface area contributed by atoms with Crippen molar-refractivity contribution in [2.75, 3.05) is 44.7 Å². The van der Waals surface area contributed by atoms with Crippen LogP contribution in [0.15, 0.2) is 53.4 Å². The van der Waals surface area contributed by atoms with Gasteiger partial charge in [0.25, 0.3) is 0 Å². The third-order valence-electron chi connectivity index (χ3n) is 4.70. The maximum atomic E-state index is 13.1. The molecule has 0 N–H and O–H groups in total. The number of rotatable bonds is 5. The Morgan fingerprint density at radius 3 is 2.18 bits per heavy atom. The second-order valence-electron chi connectivity index (χ2n) is 6.56. The second-order valence-corrected chi connectivity index (χ2v) is 9.04. The van der Waals surface area contributed by atoms with Crippen LogP contribution in [0.5, 0.6) is 0 Å². The van der Waals surface area contributed by atoms with E-state index in [0.717, 1.165) is 9.99 Å². The molecule has 1 amide bonds. The van der Waals surface area contributed by atoms with Crippen molar-refractivity contribution in [2.45, 2.75) is 4.90 Å². The summed E-state index contributed by atoms with van der Waals surface area (Å²) in [6.45, 7) is 1.92. The number of hydrogen-bond donors (Lipinski definition) is 0. The fourth-order valence-corrected chi connectivity index (χ4v) is 4.27. The number of carbonyl (C=O) groups excluding carboxylic acids is 1. The number of halogens is 2. The molecule has 150 valence electrons. The van der Waals surface area contributed by atoms with Crippen molar-refractivity contribution in [3.8, 4) is 0 Å². The molecule has 0 atom stereocenters. The first kappa shape index (κ1) is 20.6. The maximum Gasteiger partial charge on any atom is 0.243 e. The molecule has 1 aliphatic rings. The summed E-state index contributed by atoms with van der Waals surface area (Å²) in [5.74, 6) is -0.540. The Labute approximate surface area is 169 Å². The smallest absolute Gasteiger partial charge is 0.243 e. The number of benzene rings is 2. The highest BCUT2D eigenvalue weighted by atomic mass is 35.5. The van der Waals surface area contributed by atoms with Gasteiger partial charge in [-0.3, -0.25) is 4.79 Å². The molecule has 3 rings (SSSR count). The lowest BCUT2D eigenvalue weighted by Crippen LogP contribution is -2.51. The van der Waals surface area contributed by atoms with E-state index in [0.29, 0.717) is 31.2 Å². The predicted octanol–water partition coefficient (Wildman–Crippen LogP) is 2.45. The Morgan fingerprint density at radius 1 is 1.04 bits per heavy atom. The van der Waals surface area contributed by atoms with E-state index in [9.17, 15) is 17.6 Å². The van der Waals surface area contributed by atoms with Crippen LogP contribution in [0.25, 0.3) is 0 Å². The van der Waals surface area contributed by atoms with E-state index in [1.165, 1.54) is 43.4 Å². The molecule has 2 aromatic rings. The highest BCUT2D eigenvalue weighted by Gasteiger charge is 2.27. The van der Waals surface area contributed by atoms with Crippen LogP contribution < -0.4 is 4.90 Å². The largest absolute Gasteiger partial charge is 0.368 e. The average molecular weight is 426 g/mol. The number of anilines is 1. The minimum atomic E-state index is -3.77. The van der Waals surface area contributed by atoms with Crippen LogP contribution in [0.1, 0.15) is 0 Å². The van der Waals surface area contributed by atoms with Crippen LogP contribution in [0.3, 0.4) is 0 Å². The Kier molecular flexibility index (Phi) is 6.22. The van der Waals surface area contributed by atoms with Gasteiger partial charge in [-0.25, -0.2) is 12.8 Å². The summed E-state index contributed by atoms with van der Waals surface area (Å²) in [5, 5.41) is 0.441. The van der Waals surface area contributed by atoms with E-state index in [1.54, 1.807) is 17.0 Å². The van der Waals surface area contributed by atoms with E-state index in [1.807, 2.05) is 0 Å². The molecule has 0 spiro atoms. The third-order valence-corrected chi connectivity index (χ3v) is 6.77. The molecule has 0 aliphatic carbocycles. The number of amides is 1. The molecule has 0 radical (unpaired) electrons. The minimum Gasteiger partial charge on any atom is -0.368 e. The number of piperazine rings is 1. The summed E-state index contributed by atoms with van der Waals surface area (Å²) < 4.78 is 39.3. The monoisotopic (exact) mass is 425 g/mol. The van der Waals surface area contributed by atoms with Gasteiger partial charge in [-0.15, -0.1) is 0 Å². The maximum absolute atomic E-state index is 13.1. The summed E-state index contributed by atoms with van der Waals surface area (Å²) in [4.78, 5) is 16.4. The summed E-state index contributed by atoms with van der Waals surface area (Å²) in [6.07, 6.45) is 0. The van der Waals surface area contributed by atoms with E-state index in [4.69, 9.17) is 11.6 Å². The van der Waals surface area contributed by atoms with E-state index < -0.39 is 10.0 Å². The van der Waals surface area contributed by atoms with Gasteiger partial charge in [-0.05, 0) is 48.5 Å². The first-order chi connectivity index (χ1) is 13.3. The van der Waals surface area contributed by atoms with Gasteiger partial charge < -0.3 is 9.80 Å². The Hall–Kier alpha value is -2.16. The van der Waals surface area contributed by atoms with Crippen molar-refractivity contribution < 1.29 is 17.6 Å².